The van der Waals surface area contributed by atoms with Gasteiger partial charge in [-0.15, -0.1) is 0 Å². The molecule has 0 saturated heterocycles. The molecule has 100 valence electrons. The molecule has 0 atom stereocenters. The Morgan fingerprint density at radius 1 is 1.37 bits per heavy atom. The average molecular weight is 257 g/mol. The van der Waals surface area contributed by atoms with Crippen molar-refractivity contribution in [3.8, 4) is 17.0 Å². The molecule has 0 aliphatic heterocycles. The number of aromatic amines is 1. The van der Waals surface area contributed by atoms with Crippen LogP contribution in [0.2, 0.25) is 0 Å². The topological polar surface area (TPSA) is 49.9 Å². The molecule has 1 heterocycles. The first-order chi connectivity index (χ1) is 9.26. The summed E-state index contributed by atoms with van der Waals surface area (Å²) in [5.74, 6) is 1.88. The molecule has 0 bridgehead atoms. The maximum absolute atomic E-state index is 5.56. The zero-order valence-electron chi connectivity index (χ0n) is 11.4. The van der Waals surface area contributed by atoms with Gasteiger partial charge in [0.05, 0.1) is 12.3 Å². The minimum atomic E-state index is 0.623. The van der Waals surface area contributed by atoms with Crippen LogP contribution >= 0.6 is 0 Å². The standard InChI is InChI=1S/C15H19N3O/c1-3-19-14-7-4-11(8-10(14)2)13-9-15(18-17-13)16-12-5-6-12/h4,7-9,12H,3,5-6H2,1-2H3,(H2,16,17,18). The van der Waals surface area contributed by atoms with Gasteiger partial charge in [-0.25, -0.2) is 0 Å². The number of aromatic nitrogens is 2. The number of H-pyrrole nitrogens is 1. The quantitative estimate of drug-likeness (QED) is 0.863. The predicted octanol–water partition coefficient (Wildman–Crippen LogP) is 3.36. The van der Waals surface area contributed by atoms with Crippen molar-refractivity contribution in [2.75, 3.05) is 11.9 Å². The Balaban J connectivity index is 1.80. The lowest BCUT2D eigenvalue weighted by Crippen LogP contribution is -2.00. The monoisotopic (exact) mass is 257 g/mol. The van der Waals surface area contributed by atoms with Gasteiger partial charge in [-0.05, 0) is 50.5 Å². The molecule has 1 saturated carbocycles. The Bertz CT molecular complexity index is 573. The van der Waals surface area contributed by atoms with Crippen LogP contribution in [0, 0.1) is 6.92 Å². The fraction of sp³-hybridized carbons (Fsp3) is 0.400. The first-order valence-corrected chi connectivity index (χ1v) is 6.82. The number of hydrogen-bond acceptors (Lipinski definition) is 3. The number of nitrogens with one attached hydrogen (secondary N) is 2. The summed E-state index contributed by atoms with van der Waals surface area (Å²) in [7, 11) is 0. The van der Waals surface area contributed by atoms with E-state index in [-0.39, 0.29) is 0 Å². The van der Waals surface area contributed by atoms with Crippen LogP contribution in [-0.4, -0.2) is 22.8 Å². The lowest BCUT2D eigenvalue weighted by atomic mass is 10.1. The van der Waals surface area contributed by atoms with Gasteiger partial charge in [0.2, 0.25) is 0 Å². The van der Waals surface area contributed by atoms with Gasteiger partial charge in [0, 0.05) is 17.7 Å². The van der Waals surface area contributed by atoms with E-state index in [0.29, 0.717) is 12.6 Å². The molecular weight excluding hydrogens is 238 g/mol. The molecule has 4 heteroatoms. The Morgan fingerprint density at radius 3 is 2.89 bits per heavy atom. The third kappa shape index (κ3) is 2.72. The number of benzene rings is 1. The largest absolute Gasteiger partial charge is 0.494 e. The van der Waals surface area contributed by atoms with Crippen molar-refractivity contribution < 1.29 is 4.74 Å². The minimum Gasteiger partial charge on any atom is -0.494 e. The smallest absolute Gasteiger partial charge is 0.148 e. The van der Waals surface area contributed by atoms with Crippen LogP contribution < -0.4 is 10.1 Å². The van der Waals surface area contributed by atoms with Gasteiger partial charge in [0.1, 0.15) is 11.6 Å². The van der Waals surface area contributed by atoms with E-state index < -0.39 is 0 Å². The first-order valence-electron chi connectivity index (χ1n) is 6.82. The summed E-state index contributed by atoms with van der Waals surface area (Å²) in [6.07, 6.45) is 2.51. The first kappa shape index (κ1) is 12.1. The highest BCUT2D eigenvalue weighted by Crippen LogP contribution is 2.28. The van der Waals surface area contributed by atoms with Crippen molar-refractivity contribution in [3.63, 3.8) is 0 Å². The van der Waals surface area contributed by atoms with Crippen LogP contribution in [0.3, 0.4) is 0 Å². The van der Waals surface area contributed by atoms with Gasteiger partial charge in [-0.1, -0.05) is 0 Å². The van der Waals surface area contributed by atoms with E-state index in [9.17, 15) is 0 Å². The molecule has 19 heavy (non-hydrogen) atoms. The minimum absolute atomic E-state index is 0.623. The summed E-state index contributed by atoms with van der Waals surface area (Å²) in [4.78, 5) is 0. The van der Waals surface area contributed by atoms with Gasteiger partial charge in [0.15, 0.2) is 0 Å². The van der Waals surface area contributed by atoms with Crippen molar-refractivity contribution in [2.45, 2.75) is 32.7 Å². The summed E-state index contributed by atoms with van der Waals surface area (Å²) < 4.78 is 5.56. The highest BCUT2D eigenvalue weighted by atomic mass is 16.5. The molecule has 0 amide bonds. The zero-order chi connectivity index (χ0) is 13.2. The van der Waals surface area contributed by atoms with E-state index >= 15 is 0 Å². The van der Waals surface area contributed by atoms with Crippen LogP contribution in [0.5, 0.6) is 5.75 Å². The fourth-order valence-corrected chi connectivity index (χ4v) is 2.11. The Hall–Kier alpha value is -1.97. The number of ether oxygens (including phenoxy) is 1. The normalized spacial score (nSPS) is 14.4. The fourth-order valence-electron chi connectivity index (χ4n) is 2.11. The number of rotatable bonds is 5. The van der Waals surface area contributed by atoms with Gasteiger partial charge in [-0.3, -0.25) is 5.10 Å². The Kier molecular flexibility index (Phi) is 3.15. The molecule has 4 nitrogen and oxygen atoms in total. The van der Waals surface area contributed by atoms with E-state index in [4.69, 9.17) is 4.74 Å². The Labute approximate surface area is 113 Å². The summed E-state index contributed by atoms with van der Waals surface area (Å²) in [5.41, 5.74) is 3.32. The van der Waals surface area contributed by atoms with Crippen LogP contribution in [0.1, 0.15) is 25.3 Å². The molecule has 1 aliphatic rings. The summed E-state index contributed by atoms with van der Waals surface area (Å²) >= 11 is 0. The Morgan fingerprint density at radius 2 is 2.21 bits per heavy atom. The van der Waals surface area contributed by atoms with Crippen molar-refractivity contribution in [1.82, 2.24) is 10.2 Å². The number of nitrogens with zero attached hydrogens (tertiary/aromatic N) is 1. The number of aryl methyl sites for hydroxylation is 1. The molecule has 0 spiro atoms. The molecule has 2 N–H and O–H groups in total. The summed E-state index contributed by atoms with van der Waals surface area (Å²) in [5, 5.41) is 10.8. The highest BCUT2D eigenvalue weighted by molar-refractivity contribution is 5.65. The SMILES string of the molecule is CCOc1ccc(-c2cc(NC3CC3)n[nH]2)cc1C. The predicted molar refractivity (Wildman–Crippen MR) is 76.6 cm³/mol. The van der Waals surface area contributed by atoms with E-state index in [0.717, 1.165) is 28.4 Å². The molecule has 0 unspecified atom stereocenters. The lowest BCUT2D eigenvalue weighted by molar-refractivity contribution is 0.338. The van der Waals surface area contributed by atoms with Crippen molar-refractivity contribution in [3.05, 3.63) is 29.8 Å². The van der Waals surface area contributed by atoms with E-state index in [1.54, 1.807) is 0 Å². The second-order valence-electron chi connectivity index (χ2n) is 5.00. The molecule has 0 radical (unpaired) electrons. The van der Waals surface area contributed by atoms with Crippen molar-refractivity contribution >= 4 is 5.82 Å². The third-order valence-corrected chi connectivity index (χ3v) is 3.29. The van der Waals surface area contributed by atoms with Crippen LogP contribution in [0.4, 0.5) is 5.82 Å². The number of anilines is 1. The average Bonchev–Trinajstić information content (AvgIpc) is 3.08. The van der Waals surface area contributed by atoms with Crippen LogP contribution in [0.25, 0.3) is 11.3 Å². The van der Waals surface area contributed by atoms with Crippen molar-refractivity contribution in [1.29, 1.82) is 0 Å². The third-order valence-electron chi connectivity index (χ3n) is 3.29. The maximum Gasteiger partial charge on any atom is 0.148 e. The zero-order valence-corrected chi connectivity index (χ0v) is 11.4. The highest BCUT2D eigenvalue weighted by Gasteiger charge is 2.21. The molecule has 1 aromatic carbocycles. The maximum atomic E-state index is 5.56. The van der Waals surface area contributed by atoms with E-state index in [1.807, 2.05) is 13.0 Å². The summed E-state index contributed by atoms with van der Waals surface area (Å²) in [6.45, 7) is 4.76. The molecule has 1 fully saturated rings. The molecule has 1 aromatic heterocycles. The van der Waals surface area contributed by atoms with Gasteiger partial charge in [-0.2, -0.15) is 5.10 Å². The molecular formula is C15H19N3O. The van der Waals surface area contributed by atoms with E-state index in [2.05, 4.69) is 40.6 Å². The van der Waals surface area contributed by atoms with Gasteiger partial charge in [0.25, 0.3) is 0 Å². The second kappa shape index (κ2) is 4.96. The second-order valence-corrected chi connectivity index (χ2v) is 5.00. The molecule has 2 aromatic rings. The molecule has 1 aliphatic carbocycles. The number of hydrogen-bond donors (Lipinski definition) is 2. The van der Waals surface area contributed by atoms with E-state index in [1.165, 1.54) is 12.8 Å². The van der Waals surface area contributed by atoms with Crippen molar-refractivity contribution in [2.24, 2.45) is 0 Å². The lowest BCUT2D eigenvalue weighted by Gasteiger charge is -2.07. The van der Waals surface area contributed by atoms with Gasteiger partial charge >= 0.3 is 0 Å². The molecule has 3 rings (SSSR count). The summed E-state index contributed by atoms with van der Waals surface area (Å²) in [6, 6.07) is 8.89. The van der Waals surface area contributed by atoms with Crippen LogP contribution in [-0.2, 0) is 0 Å². The van der Waals surface area contributed by atoms with Gasteiger partial charge < -0.3 is 10.1 Å². The van der Waals surface area contributed by atoms with Crippen LogP contribution in [0.15, 0.2) is 24.3 Å².